The van der Waals surface area contributed by atoms with Crippen molar-refractivity contribution in [2.75, 3.05) is 5.73 Å². The van der Waals surface area contributed by atoms with Crippen molar-refractivity contribution < 1.29 is 0 Å². The van der Waals surface area contributed by atoms with Gasteiger partial charge in [0.1, 0.15) is 6.67 Å². The van der Waals surface area contributed by atoms with Crippen molar-refractivity contribution in [3.05, 3.63) is 163 Å². The normalized spacial score (nSPS) is 12.2. The quantitative estimate of drug-likeness (QED) is 0.153. The number of nitrogen functional groups attached to an aromatic ring is 1. The maximum Gasteiger partial charge on any atom is 0.115 e. The molecular weight excluding hydrogens is 579 g/mol. The van der Waals surface area contributed by atoms with Gasteiger partial charge in [0.15, 0.2) is 0 Å². The fourth-order valence-corrected chi connectivity index (χ4v) is 8.28. The third-order valence-corrected chi connectivity index (χ3v) is 10.3. The monoisotopic (exact) mass is 607 g/mol. The van der Waals surface area contributed by atoms with Gasteiger partial charge in [-0.3, -0.25) is 4.99 Å². The van der Waals surface area contributed by atoms with Crippen LogP contribution in [0.3, 0.4) is 0 Å². The second kappa shape index (κ2) is 10.7. The second-order valence-corrected chi connectivity index (χ2v) is 12.7. The molecular formula is C42H29N3S. The van der Waals surface area contributed by atoms with Gasteiger partial charge in [-0.2, -0.15) is 0 Å². The second-order valence-electron chi connectivity index (χ2n) is 11.7. The Morgan fingerprint density at radius 1 is 0.565 bits per heavy atom. The lowest BCUT2D eigenvalue weighted by atomic mass is 9.98. The summed E-state index contributed by atoms with van der Waals surface area (Å²) in [6.07, 6.45) is 0. The van der Waals surface area contributed by atoms with E-state index in [1.807, 2.05) is 47.7 Å². The molecule has 0 atom stereocenters. The Kier molecular flexibility index (Phi) is 6.22. The average Bonchev–Trinajstić information content (AvgIpc) is 3.66. The van der Waals surface area contributed by atoms with Crippen LogP contribution in [-0.2, 0) is 6.67 Å². The summed E-state index contributed by atoms with van der Waals surface area (Å²) in [5.41, 5.74) is 15.0. The van der Waals surface area contributed by atoms with Crippen molar-refractivity contribution >= 4 is 75.5 Å². The smallest absolute Gasteiger partial charge is 0.115 e. The Morgan fingerprint density at radius 2 is 1.26 bits per heavy atom. The van der Waals surface area contributed by atoms with Gasteiger partial charge < -0.3 is 10.3 Å². The molecule has 0 bridgehead atoms. The van der Waals surface area contributed by atoms with Crippen LogP contribution < -0.4 is 5.73 Å². The number of nitrogens with zero attached hydrogens (tertiary/aromatic N) is 2. The van der Waals surface area contributed by atoms with Crippen LogP contribution in [0.1, 0.15) is 11.1 Å². The highest BCUT2D eigenvalue weighted by atomic mass is 32.1. The summed E-state index contributed by atoms with van der Waals surface area (Å²) in [5.74, 6) is 0. The summed E-state index contributed by atoms with van der Waals surface area (Å²) in [6.45, 7) is 0.470. The molecule has 3 nitrogen and oxygen atoms in total. The zero-order chi connectivity index (χ0) is 30.6. The minimum absolute atomic E-state index is 0.470. The minimum atomic E-state index is 0.470. The predicted octanol–water partition coefficient (Wildman–Crippen LogP) is 11.1. The fraction of sp³-hybridized carbons (Fsp3) is 0.0238. The van der Waals surface area contributed by atoms with Crippen LogP contribution in [0.5, 0.6) is 0 Å². The molecule has 0 unspecified atom stereocenters. The van der Waals surface area contributed by atoms with E-state index in [0.717, 1.165) is 22.5 Å². The summed E-state index contributed by atoms with van der Waals surface area (Å²) in [6, 6.07) is 53.7. The maximum atomic E-state index is 6.48. The lowest BCUT2D eigenvalue weighted by molar-refractivity contribution is 0.793. The first-order chi connectivity index (χ1) is 22.8. The SMILES string of the molecule is Nc1ccccc1C(=NCn1c2ccccc2c2c3ccc4sc5c(-c6ccccc6)cccc5c4c3ccc21)c1ccccc1. The van der Waals surface area contributed by atoms with E-state index in [4.69, 9.17) is 10.7 Å². The molecule has 2 heterocycles. The number of hydrogen-bond acceptors (Lipinski definition) is 3. The number of aromatic nitrogens is 1. The number of fused-ring (bicyclic) bond motifs is 9. The summed E-state index contributed by atoms with van der Waals surface area (Å²) in [7, 11) is 0. The Morgan fingerprint density at radius 3 is 2.11 bits per heavy atom. The molecule has 0 aliphatic carbocycles. The zero-order valence-electron chi connectivity index (χ0n) is 25.0. The van der Waals surface area contributed by atoms with Crippen LogP contribution in [0.15, 0.2) is 157 Å². The molecule has 0 amide bonds. The Bertz CT molecular complexity index is 2610. The van der Waals surface area contributed by atoms with Crippen LogP contribution in [0.2, 0.25) is 0 Å². The minimum Gasteiger partial charge on any atom is -0.398 e. The largest absolute Gasteiger partial charge is 0.398 e. The number of nitrogens with two attached hydrogens (primary N) is 1. The van der Waals surface area contributed by atoms with Gasteiger partial charge in [-0.1, -0.05) is 127 Å². The molecule has 0 radical (unpaired) electrons. The number of rotatable bonds is 5. The molecule has 9 aromatic rings. The summed E-state index contributed by atoms with van der Waals surface area (Å²) >= 11 is 1.89. The number of anilines is 1. The Balaban J connectivity index is 1.27. The fourth-order valence-electron chi connectivity index (χ4n) is 7.03. The molecule has 7 aromatic carbocycles. The maximum absolute atomic E-state index is 6.48. The lowest BCUT2D eigenvalue weighted by Crippen LogP contribution is -2.09. The van der Waals surface area contributed by atoms with Gasteiger partial charge in [0.05, 0.1) is 16.7 Å². The highest BCUT2D eigenvalue weighted by Crippen LogP contribution is 2.45. The standard InChI is InChI=1S/C42H29N3S/c43-35-20-9-7-16-32(35)41(28-14-5-2-6-15-28)44-26-45-36-21-10-8-17-33(36)39-30-23-25-38-40(31(30)22-24-37(39)45)34-19-11-18-29(42(34)46-38)27-12-3-1-4-13-27/h1-25H,26,43H2. The molecule has 0 aliphatic heterocycles. The van der Waals surface area contributed by atoms with Gasteiger partial charge >= 0.3 is 0 Å². The lowest BCUT2D eigenvalue weighted by Gasteiger charge is -2.12. The highest BCUT2D eigenvalue weighted by molar-refractivity contribution is 7.26. The van der Waals surface area contributed by atoms with Crippen LogP contribution >= 0.6 is 11.3 Å². The number of hydrogen-bond donors (Lipinski definition) is 1. The van der Waals surface area contributed by atoms with Crippen LogP contribution in [0.25, 0.3) is 63.9 Å². The third-order valence-electron chi connectivity index (χ3n) is 9.11. The van der Waals surface area contributed by atoms with Crippen molar-refractivity contribution in [3.8, 4) is 11.1 Å². The van der Waals surface area contributed by atoms with E-state index in [9.17, 15) is 0 Å². The van der Waals surface area contributed by atoms with Crippen molar-refractivity contribution in [1.82, 2.24) is 4.57 Å². The first-order valence-electron chi connectivity index (χ1n) is 15.5. The highest BCUT2D eigenvalue weighted by Gasteiger charge is 2.18. The van der Waals surface area contributed by atoms with Gasteiger partial charge in [0, 0.05) is 47.8 Å². The first-order valence-corrected chi connectivity index (χ1v) is 16.4. The topological polar surface area (TPSA) is 43.3 Å². The van der Waals surface area contributed by atoms with Gasteiger partial charge in [-0.05, 0) is 46.2 Å². The molecule has 0 fully saturated rings. The molecule has 0 saturated carbocycles. The van der Waals surface area contributed by atoms with Crippen molar-refractivity contribution in [2.45, 2.75) is 6.67 Å². The van der Waals surface area contributed by atoms with Crippen molar-refractivity contribution in [2.24, 2.45) is 4.99 Å². The predicted molar refractivity (Wildman–Crippen MR) is 198 cm³/mol. The molecule has 0 spiro atoms. The van der Waals surface area contributed by atoms with E-state index in [0.29, 0.717) is 6.67 Å². The number of benzene rings is 7. The Hall–Kier alpha value is -5.71. The molecule has 0 saturated heterocycles. The third kappa shape index (κ3) is 4.15. The average molecular weight is 608 g/mol. The van der Waals surface area contributed by atoms with E-state index >= 15 is 0 Å². The van der Waals surface area contributed by atoms with Gasteiger partial charge in [-0.15, -0.1) is 11.3 Å². The van der Waals surface area contributed by atoms with Gasteiger partial charge in [-0.25, -0.2) is 0 Å². The van der Waals surface area contributed by atoms with Crippen LogP contribution in [-0.4, -0.2) is 10.3 Å². The van der Waals surface area contributed by atoms with E-state index in [2.05, 4.69) is 120 Å². The molecule has 46 heavy (non-hydrogen) atoms. The molecule has 2 N–H and O–H groups in total. The van der Waals surface area contributed by atoms with Crippen molar-refractivity contribution in [3.63, 3.8) is 0 Å². The van der Waals surface area contributed by atoms with E-state index in [1.165, 1.54) is 63.9 Å². The summed E-state index contributed by atoms with van der Waals surface area (Å²) < 4.78 is 4.99. The van der Waals surface area contributed by atoms with E-state index in [-0.39, 0.29) is 0 Å². The van der Waals surface area contributed by atoms with Gasteiger partial charge in [0.25, 0.3) is 0 Å². The molecule has 9 rings (SSSR count). The molecule has 4 heteroatoms. The Labute approximate surface area is 270 Å². The molecule has 0 aliphatic rings. The summed E-state index contributed by atoms with van der Waals surface area (Å²) in [4.78, 5) is 5.27. The van der Waals surface area contributed by atoms with E-state index < -0.39 is 0 Å². The molecule has 2 aromatic heterocycles. The van der Waals surface area contributed by atoms with Crippen molar-refractivity contribution in [1.29, 1.82) is 0 Å². The van der Waals surface area contributed by atoms with E-state index in [1.54, 1.807) is 0 Å². The van der Waals surface area contributed by atoms with Gasteiger partial charge in [0.2, 0.25) is 0 Å². The summed E-state index contributed by atoms with van der Waals surface area (Å²) in [5, 5.41) is 7.71. The number of aliphatic imine (C=N–C) groups is 1. The molecule has 218 valence electrons. The number of para-hydroxylation sites is 2. The van der Waals surface area contributed by atoms with Crippen LogP contribution in [0.4, 0.5) is 5.69 Å². The first kappa shape index (κ1) is 26.7. The van der Waals surface area contributed by atoms with Crippen LogP contribution in [0, 0.1) is 0 Å². The zero-order valence-corrected chi connectivity index (χ0v) is 25.8. The number of thiophene rings is 1.